The maximum absolute atomic E-state index is 10.5. The summed E-state index contributed by atoms with van der Waals surface area (Å²) >= 11 is 0. The third-order valence-electron chi connectivity index (χ3n) is 1.56. The summed E-state index contributed by atoms with van der Waals surface area (Å²) in [6.45, 7) is 8.65. The molecule has 12 heavy (non-hydrogen) atoms. The molecule has 0 saturated carbocycles. The van der Waals surface area contributed by atoms with Gasteiger partial charge in [-0.15, -0.1) is 0 Å². The molecule has 0 aromatic heterocycles. The minimum Gasteiger partial charge on any atom is -0.366 e. The first-order valence-electron chi connectivity index (χ1n) is 4.25. The van der Waals surface area contributed by atoms with Gasteiger partial charge in [-0.2, -0.15) is 0 Å². The van der Waals surface area contributed by atoms with Gasteiger partial charge in [0.25, 0.3) is 0 Å². The second kappa shape index (κ2) is 5.77. The highest BCUT2D eigenvalue weighted by atomic mass is 16.1. The first kappa shape index (κ1) is 11.2. The zero-order chi connectivity index (χ0) is 9.56. The molecule has 0 rings (SSSR count). The van der Waals surface area contributed by atoms with Gasteiger partial charge in [-0.05, 0) is 19.4 Å². The zero-order valence-corrected chi connectivity index (χ0v) is 7.89. The average Bonchev–Trinajstić information content (AvgIpc) is 1.97. The largest absolute Gasteiger partial charge is 0.366 e. The zero-order valence-electron chi connectivity index (χ0n) is 7.89. The molecule has 0 aromatic carbocycles. The monoisotopic (exact) mass is 170 g/mol. The van der Waals surface area contributed by atoms with Crippen LogP contribution in [0.1, 0.15) is 26.7 Å². The highest BCUT2D eigenvalue weighted by Crippen LogP contribution is 1.99. The Hall–Kier alpha value is -0.830. The Balaban J connectivity index is 3.32. The van der Waals surface area contributed by atoms with Crippen molar-refractivity contribution < 1.29 is 4.79 Å². The molecule has 3 heteroatoms. The molecular weight excluding hydrogens is 152 g/mol. The summed E-state index contributed by atoms with van der Waals surface area (Å²) in [5, 5.41) is 3.25. The summed E-state index contributed by atoms with van der Waals surface area (Å²) in [4.78, 5) is 10.5. The van der Waals surface area contributed by atoms with Gasteiger partial charge in [0.2, 0.25) is 5.91 Å². The summed E-state index contributed by atoms with van der Waals surface area (Å²) in [6, 6.07) is 0.492. The van der Waals surface area contributed by atoms with E-state index in [1.165, 1.54) is 0 Å². The van der Waals surface area contributed by atoms with Crippen molar-refractivity contribution in [1.82, 2.24) is 5.32 Å². The topological polar surface area (TPSA) is 55.1 Å². The number of nitrogens with one attached hydrogen (secondary N) is 1. The van der Waals surface area contributed by atoms with E-state index in [-0.39, 0.29) is 5.91 Å². The standard InChI is InChI=1S/C9H18N2O/c1-7(2)11-6-4-5-8(3)9(10)12/h7,11H,3-6H2,1-2H3,(H2,10,12). The number of primary amides is 1. The highest BCUT2D eigenvalue weighted by molar-refractivity contribution is 5.91. The van der Waals surface area contributed by atoms with Crippen LogP contribution in [-0.4, -0.2) is 18.5 Å². The summed E-state index contributed by atoms with van der Waals surface area (Å²) in [5.74, 6) is -0.389. The third kappa shape index (κ3) is 5.92. The summed E-state index contributed by atoms with van der Waals surface area (Å²) < 4.78 is 0. The second-order valence-electron chi connectivity index (χ2n) is 3.18. The fourth-order valence-corrected chi connectivity index (χ4v) is 0.816. The molecule has 3 nitrogen and oxygen atoms in total. The van der Waals surface area contributed by atoms with Crippen LogP contribution in [0.5, 0.6) is 0 Å². The molecule has 0 aliphatic rings. The highest BCUT2D eigenvalue weighted by Gasteiger charge is 2.00. The summed E-state index contributed by atoms with van der Waals surface area (Å²) in [5.41, 5.74) is 5.53. The second-order valence-corrected chi connectivity index (χ2v) is 3.18. The quantitative estimate of drug-likeness (QED) is 0.458. The van der Waals surface area contributed by atoms with E-state index in [2.05, 4.69) is 25.7 Å². The van der Waals surface area contributed by atoms with Gasteiger partial charge < -0.3 is 11.1 Å². The molecule has 3 N–H and O–H groups in total. The fourth-order valence-electron chi connectivity index (χ4n) is 0.816. The molecule has 1 amide bonds. The van der Waals surface area contributed by atoms with E-state index in [9.17, 15) is 4.79 Å². The Bertz CT molecular complexity index is 164. The number of amides is 1. The molecule has 0 radical (unpaired) electrons. The van der Waals surface area contributed by atoms with Crippen LogP contribution in [0.4, 0.5) is 0 Å². The molecule has 0 aromatic rings. The van der Waals surface area contributed by atoms with E-state index >= 15 is 0 Å². The van der Waals surface area contributed by atoms with Crippen LogP contribution in [0.3, 0.4) is 0 Å². The van der Waals surface area contributed by atoms with Crippen molar-refractivity contribution in [3.8, 4) is 0 Å². The lowest BCUT2D eigenvalue weighted by Gasteiger charge is -2.07. The van der Waals surface area contributed by atoms with Crippen LogP contribution >= 0.6 is 0 Å². The van der Waals surface area contributed by atoms with Crippen molar-refractivity contribution in [2.75, 3.05) is 6.54 Å². The molecule has 0 bridgehead atoms. The van der Waals surface area contributed by atoms with E-state index in [1.807, 2.05) is 0 Å². The maximum atomic E-state index is 10.5. The van der Waals surface area contributed by atoms with E-state index in [1.54, 1.807) is 0 Å². The maximum Gasteiger partial charge on any atom is 0.244 e. The molecular formula is C9H18N2O. The van der Waals surface area contributed by atoms with Gasteiger partial charge in [0.05, 0.1) is 0 Å². The van der Waals surface area contributed by atoms with Crippen molar-refractivity contribution in [1.29, 1.82) is 0 Å². The van der Waals surface area contributed by atoms with E-state index in [4.69, 9.17) is 5.73 Å². The number of hydrogen-bond acceptors (Lipinski definition) is 2. The van der Waals surface area contributed by atoms with Crippen LogP contribution < -0.4 is 11.1 Å². The van der Waals surface area contributed by atoms with Crippen LogP contribution in [0, 0.1) is 0 Å². The number of carbonyl (C=O) groups is 1. The Morgan fingerprint density at radius 3 is 2.58 bits per heavy atom. The lowest BCUT2D eigenvalue weighted by molar-refractivity contribution is -0.114. The first-order chi connectivity index (χ1) is 5.54. The third-order valence-corrected chi connectivity index (χ3v) is 1.56. The van der Waals surface area contributed by atoms with Crippen LogP contribution in [0.25, 0.3) is 0 Å². The Labute approximate surface area is 74.0 Å². The van der Waals surface area contributed by atoms with Crippen molar-refractivity contribution in [3.63, 3.8) is 0 Å². The summed E-state index contributed by atoms with van der Waals surface area (Å²) in [6.07, 6.45) is 1.61. The van der Waals surface area contributed by atoms with Gasteiger partial charge in [0, 0.05) is 11.6 Å². The number of rotatable bonds is 6. The van der Waals surface area contributed by atoms with Gasteiger partial charge in [0.15, 0.2) is 0 Å². The predicted octanol–water partition coefficient (Wildman–Crippen LogP) is 0.806. The molecule has 0 unspecified atom stereocenters. The lowest BCUT2D eigenvalue weighted by atomic mass is 10.1. The molecule has 0 spiro atoms. The molecule has 0 saturated heterocycles. The molecule has 0 atom stereocenters. The number of hydrogen-bond donors (Lipinski definition) is 2. The predicted molar refractivity (Wildman–Crippen MR) is 50.7 cm³/mol. The van der Waals surface area contributed by atoms with E-state index in [0.29, 0.717) is 18.0 Å². The Morgan fingerprint density at radius 2 is 2.17 bits per heavy atom. The van der Waals surface area contributed by atoms with Gasteiger partial charge in [-0.1, -0.05) is 20.4 Å². The van der Waals surface area contributed by atoms with Crippen LogP contribution in [0.2, 0.25) is 0 Å². The molecule has 0 aliphatic carbocycles. The normalized spacial score (nSPS) is 10.2. The minimum absolute atomic E-state index is 0.389. The van der Waals surface area contributed by atoms with E-state index < -0.39 is 0 Å². The summed E-state index contributed by atoms with van der Waals surface area (Å²) in [7, 11) is 0. The Kier molecular flexibility index (Phi) is 5.37. The first-order valence-corrected chi connectivity index (χ1v) is 4.25. The van der Waals surface area contributed by atoms with Gasteiger partial charge in [0.1, 0.15) is 0 Å². The van der Waals surface area contributed by atoms with Crippen LogP contribution in [0.15, 0.2) is 12.2 Å². The molecule has 70 valence electrons. The van der Waals surface area contributed by atoms with Gasteiger partial charge in [-0.3, -0.25) is 4.79 Å². The average molecular weight is 170 g/mol. The number of nitrogens with two attached hydrogens (primary N) is 1. The fraction of sp³-hybridized carbons (Fsp3) is 0.667. The Morgan fingerprint density at radius 1 is 1.58 bits per heavy atom. The van der Waals surface area contributed by atoms with Gasteiger partial charge in [-0.25, -0.2) is 0 Å². The molecule has 0 fully saturated rings. The smallest absolute Gasteiger partial charge is 0.244 e. The van der Waals surface area contributed by atoms with E-state index in [0.717, 1.165) is 13.0 Å². The minimum atomic E-state index is -0.389. The molecule has 0 heterocycles. The SMILES string of the molecule is C=C(CCCNC(C)C)C(N)=O. The molecule has 0 aliphatic heterocycles. The van der Waals surface area contributed by atoms with Crippen LogP contribution in [-0.2, 0) is 4.79 Å². The van der Waals surface area contributed by atoms with Crippen molar-refractivity contribution >= 4 is 5.91 Å². The lowest BCUT2D eigenvalue weighted by Crippen LogP contribution is -2.24. The van der Waals surface area contributed by atoms with Crippen molar-refractivity contribution in [2.24, 2.45) is 5.73 Å². The van der Waals surface area contributed by atoms with Crippen molar-refractivity contribution in [3.05, 3.63) is 12.2 Å². The van der Waals surface area contributed by atoms with Crippen molar-refractivity contribution in [2.45, 2.75) is 32.7 Å². The van der Waals surface area contributed by atoms with Gasteiger partial charge >= 0.3 is 0 Å². The number of carbonyl (C=O) groups excluding carboxylic acids is 1.